The Bertz CT molecular complexity index is 942. The first kappa shape index (κ1) is 16.1. The molecule has 0 saturated heterocycles. The molecule has 0 radical (unpaired) electrons. The molecule has 0 saturated carbocycles. The second-order valence-electron chi connectivity index (χ2n) is 4.99. The Morgan fingerprint density at radius 3 is 2.75 bits per heavy atom. The van der Waals surface area contributed by atoms with Crippen molar-refractivity contribution in [1.29, 1.82) is 0 Å². The molecule has 0 spiro atoms. The molecule has 1 atom stereocenters. The average Bonchev–Trinajstić information content (AvgIpc) is 3.11. The Morgan fingerprint density at radius 2 is 2.08 bits per heavy atom. The van der Waals surface area contributed by atoms with Crippen LogP contribution in [0.15, 0.2) is 50.2 Å². The molecule has 7 heteroatoms. The highest BCUT2D eigenvalue weighted by molar-refractivity contribution is 6.31. The van der Waals surface area contributed by atoms with E-state index in [0.717, 1.165) is 0 Å². The Kier molecular flexibility index (Phi) is 4.31. The van der Waals surface area contributed by atoms with Crippen molar-refractivity contribution in [2.45, 2.75) is 13.0 Å². The lowest BCUT2D eigenvalue weighted by molar-refractivity contribution is -0.147. The summed E-state index contributed by atoms with van der Waals surface area (Å²) in [6, 6.07) is 7.93. The number of hydrogen-bond donors (Lipinski definition) is 0. The van der Waals surface area contributed by atoms with Gasteiger partial charge >= 0.3 is 5.97 Å². The zero-order valence-electron chi connectivity index (χ0n) is 12.9. The van der Waals surface area contributed by atoms with E-state index in [2.05, 4.69) is 4.74 Å². The van der Waals surface area contributed by atoms with Crippen molar-refractivity contribution in [1.82, 2.24) is 0 Å². The minimum atomic E-state index is -0.997. The number of halogens is 1. The summed E-state index contributed by atoms with van der Waals surface area (Å²) < 4.78 is 21.2. The van der Waals surface area contributed by atoms with Gasteiger partial charge < -0.3 is 18.3 Å². The van der Waals surface area contributed by atoms with Crippen LogP contribution in [-0.2, 0) is 9.53 Å². The van der Waals surface area contributed by atoms with E-state index in [1.165, 1.54) is 26.4 Å². The summed E-state index contributed by atoms with van der Waals surface area (Å²) in [5.74, 6) is -0.366. The van der Waals surface area contributed by atoms with Crippen LogP contribution in [0.4, 0.5) is 0 Å². The monoisotopic (exact) mass is 348 g/mol. The highest BCUT2D eigenvalue weighted by Gasteiger charge is 2.24. The van der Waals surface area contributed by atoms with E-state index in [0.29, 0.717) is 16.4 Å². The van der Waals surface area contributed by atoms with E-state index in [1.54, 1.807) is 24.3 Å². The van der Waals surface area contributed by atoms with Crippen LogP contribution in [0, 0.1) is 0 Å². The van der Waals surface area contributed by atoms with E-state index < -0.39 is 17.5 Å². The van der Waals surface area contributed by atoms with Crippen molar-refractivity contribution in [3.63, 3.8) is 0 Å². The average molecular weight is 349 g/mol. The fourth-order valence-corrected chi connectivity index (χ4v) is 2.39. The number of furan rings is 1. The smallest absolute Gasteiger partial charge is 0.346 e. The number of hydrogen-bond acceptors (Lipinski definition) is 6. The van der Waals surface area contributed by atoms with Gasteiger partial charge in [-0.15, -0.1) is 0 Å². The third kappa shape index (κ3) is 2.88. The summed E-state index contributed by atoms with van der Waals surface area (Å²) in [7, 11) is 1.23. The van der Waals surface area contributed by atoms with Crippen LogP contribution in [0.2, 0.25) is 5.02 Å². The van der Waals surface area contributed by atoms with Crippen molar-refractivity contribution in [3.05, 3.63) is 51.8 Å². The van der Waals surface area contributed by atoms with Crippen molar-refractivity contribution in [2.75, 3.05) is 7.11 Å². The molecule has 1 aromatic carbocycles. The first-order valence-corrected chi connectivity index (χ1v) is 7.43. The fourth-order valence-electron chi connectivity index (χ4n) is 2.22. The molecule has 0 bridgehead atoms. The standard InChI is InChI=1S/C17H13ClO6/c1-9(17(20)21-2)23-16-14(19)11-8-10(18)5-6-12(11)24-15(16)13-4-3-7-22-13/h3-9H,1-2H3/t9-/m0/s1. The molecule has 0 aliphatic carbocycles. The number of fused-ring (bicyclic) bond motifs is 1. The molecule has 0 aliphatic rings. The molecule has 0 fully saturated rings. The summed E-state index contributed by atoms with van der Waals surface area (Å²) in [4.78, 5) is 24.4. The molecule has 2 heterocycles. The van der Waals surface area contributed by atoms with Gasteiger partial charge in [-0.1, -0.05) is 11.6 Å². The van der Waals surface area contributed by atoms with Crippen LogP contribution in [0.1, 0.15) is 6.92 Å². The van der Waals surface area contributed by atoms with Crippen LogP contribution in [0.3, 0.4) is 0 Å². The van der Waals surface area contributed by atoms with E-state index in [4.69, 9.17) is 25.2 Å². The lowest BCUT2D eigenvalue weighted by atomic mass is 10.2. The Hall–Kier alpha value is -2.73. The largest absolute Gasteiger partial charge is 0.471 e. The number of carbonyl (C=O) groups is 1. The molecule has 3 aromatic rings. The van der Waals surface area contributed by atoms with Crippen molar-refractivity contribution in [2.24, 2.45) is 0 Å². The van der Waals surface area contributed by atoms with Gasteiger partial charge in [-0.3, -0.25) is 4.79 Å². The summed E-state index contributed by atoms with van der Waals surface area (Å²) in [5, 5.41) is 0.623. The number of methoxy groups -OCH3 is 1. The first-order valence-electron chi connectivity index (χ1n) is 7.06. The first-order chi connectivity index (χ1) is 11.5. The SMILES string of the molecule is COC(=O)[C@H](C)Oc1c(-c2ccco2)oc2ccc(Cl)cc2c1=O. The lowest BCUT2D eigenvalue weighted by Gasteiger charge is -2.14. The fraction of sp³-hybridized carbons (Fsp3) is 0.176. The van der Waals surface area contributed by atoms with Crippen LogP contribution in [0.5, 0.6) is 5.75 Å². The van der Waals surface area contributed by atoms with Crippen molar-refractivity contribution >= 4 is 28.5 Å². The highest BCUT2D eigenvalue weighted by atomic mass is 35.5. The minimum Gasteiger partial charge on any atom is -0.471 e. The lowest BCUT2D eigenvalue weighted by Crippen LogP contribution is -2.27. The summed E-state index contributed by atoms with van der Waals surface area (Å²) >= 11 is 5.95. The van der Waals surface area contributed by atoms with Gasteiger partial charge in [-0.25, -0.2) is 4.79 Å². The predicted molar refractivity (Wildman–Crippen MR) is 87.3 cm³/mol. The minimum absolute atomic E-state index is 0.0931. The number of esters is 1. The van der Waals surface area contributed by atoms with Gasteiger partial charge in [-0.05, 0) is 37.3 Å². The van der Waals surface area contributed by atoms with E-state index >= 15 is 0 Å². The molecule has 0 N–H and O–H groups in total. The van der Waals surface area contributed by atoms with Gasteiger partial charge in [0.05, 0.1) is 18.8 Å². The predicted octanol–water partition coefficient (Wildman–Crippen LogP) is 3.65. The van der Waals surface area contributed by atoms with Crippen molar-refractivity contribution in [3.8, 4) is 17.3 Å². The summed E-state index contributed by atoms with van der Waals surface area (Å²) in [5.41, 5.74) is -0.130. The molecular weight excluding hydrogens is 336 g/mol. The van der Waals surface area contributed by atoms with Gasteiger partial charge in [0.15, 0.2) is 11.9 Å². The van der Waals surface area contributed by atoms with Crippen LogP contribution >= 0.6 is 11.6 Å². The molecule has 3 rings (SSSR count). The Balaban J connectivity index is 2.23. The van der Waals surface area contributed by atoms with Gasteiger partial charge in [0.25, 0.3) is 0 Å². The van der Waals surface area contributed by atoms with Gasteiger partial charge in [-0.2, -0.15) is 0 Å². The van der Waals surface area contributed by atoms with E-state index in [-0.39, 0.29) is 16.9 Å². The highest BCUT2D eigenvalue weighted by Crippen LogP contribution is 2.32. The number of ether oxygens (including phenoxy) is 2. The second-order valence-corrected chi connectivity index (χ2v) is 5.43. The van der Waals surface area contributed by atoms with Crippen LogP contribution in [-0.4, -0.2) is 19.2 Å². The molecule has 24 heavy (non-hydrogen) atoms. The van der Waals surface area contributed by atoms with Gasteiger partial charge in [0, 0.05) is 5.02 Å². The van der Waals surface area contributed by atoms with E-state index in [9.17, 15) is 9.59 Å². The zero-order chi connectivity index (χ0) is 17.3. The Labute approximate surface area is 141 Å². The maximum atomic E-state index is 12.8. The van der Waals surface area contributed by atoms with Crippen molar-refractivity contribution < 1.29 is 23.1 Å². The number of benzene rings is 1. The summed E-state index contributed by atoms with van der Waals surface area (Å²) in [6.45, 7) is 1.47. The molecule has 0 unspecified atom stereocenters. The number of rotatable bonds is 4. The van der Waals surface area contributed by atoms with Crippen LogP contribution in [0.25, 0.3) is 22.5 Å². The van der Waals surface area contributed by atoms with Gasteiger partial charge in [0.1, 0.15) is 5.58 Å². The van der Waals surface area contributed by atoms with E-state index in [1.807, 2.05) is 0 Å². The second kappa shape index (κ2) is 6.41. The molecule has 0 amide bonds. The number of carbonyl (C=O) groups excluding carboxylic acids is 1. The molecular formula is C17H13ClO6. The maximum Gasteiger partial charge on any atom is 0.346 e. The zero-order valence-corrected chi connectivity index (χ0v) is 13.6. The normalized spacial score (nSPS) is 12.1. The topological polar surface area (TPSA) is 78.9 Å². The maximum absolute atomic E-state index is 12.8. The third-order valence-corrected chi connectivity index (χ3v) is 3.62. The molecule has 0 aliphatic heterocycles. The summed E-state index contributed by atoms with van der Waals surface area (Å²) in [6.07, 6.45) is 0.442. The quantitative estimate of drug-likeness (QED) is 0.670. The van der Waals surface area contributed by atoms with Crippen LogP contribution < -0.4 is 10.2 Å². The van der Waals surface area contributed by atoms with Gasteiger partial charge in [0.2, 0.25) is 16.9 Å². The Morgan fingerprint density at radius 1 is 1.29 bits per heavy atom. The molecule has 6 nitrogen and oxygen atoms in total. The molecule has 124 valence electrons. The third-order valence-electron chi connectivity index (χ3n) is 3.38. The molecule has 2 aromatic heterocycles.